The number of carbonyl (C=O) groups excluding carboxylic acids is 1. The third-order valence-electron chi connectivity index (χ3n) is 1.87. The monoisotopic (exact) mass is 252 g/mol. The van der Waals surface area contributed by atoms with Crippen molar-refractivity contribution >= 4 is 29.2 Å². The van der Waals surface area contributed by atoms with Gasteiger partial charge in [-0.25, -0.2) is 0 Å². The number of allylic oxidation sites excluding steroid dienone is 1. The van der Waals surface area contributed by atoms with E-state index in [1.54, 1.807) is 13.0 Å². The zero-order valence-electron chi connectivity index (χ0n) is 9.43. The van der Waals surface area contributed by atoms with Gasteiger partial charge in [0.05, 0.1) is 13.0 Å². The van der Waals surface area contributed by atoms with Gasteiger partial charge in [0.1, 0.15) is 4.49 Å². The Bertz CT molecular complexity index is 221. The molecule has 0 radical (unpaired) electrons. The van der Waals surface area contributed by atoms with Gasteiger partial charge in [0.2, 0.25) is 0 Å². The van der Waals surface area contributed by atoms with Crippen molar-refractivity contribution in [2.24, 2.45) is 11.8 Å². The zero-order valence-corrected chi connectivity index (χ0v) is 10.9. The zero-order chi connectivity index (χ0) is 11.8. The summed E-state index contributed by atoms with van der Waals surface area (Å²) in [6, 6.07) is 0. The van der Waals surface area contributed by atoms with E-state index in [0.29, 0.717) is 18.9 Å². The predicted molar refractivity (Wildman–Crippen MR) is 64.0 cm³/mol. The SMILES string of the molecule is CCOC(=O)CC(C=C(Cl)Cl)CC(C)C. The van der Waals surface area contributed by atoms with Crippen molar-refractivity contribution in [2.75, 3.05) is 6.61 Å². The first-order valence-electron chi connectivity index (χ1n) is 5.14. The highest BCUT2D eigenvalue weighted by atomic mass is 35.5. The summed E-state index contributed by atoms with van der Waals surface area (Å²) < 4.78 is 5.09. The summed E-state index contributed by atoms with van der Waals surface area (Å²) in [5.41, 5.74) is 0. The second-order valence-corrected chi connectivity index (χ2v) is 4.86. The van der Waals surface area contributed by atoms with Gasteiger partial charge in [0.15, 0.2) is 0 Å². The van der Waals surface area contributed by atoms with Crippen molar-refractivity contribution in [3.8, 4) is 0 Å². The highest BCUT2D eigenvalue weighted by Gasteiger charge is 2.14. The van der Waals surface area contributed by atoms with E-state index in [9.17, 15) is 4.79 Å². The van der Waals surface area contributed by atoms with Gasteiger partial charge in [-0.3, -0.25) is 4.79 Å². The molecule has 0 aromatic heterocycles. The largest absolute Gasteiger partial charge is 0.466 e. The number of halogens is 2. The fourth-order valence-electron chi connectivity index (χ4n) is 1.43. The second kappa shape index (κ2) is 8.00. The molecule has 0 bridgehead atoms. The van der Waals surface area contributed by atoms with Crippen LogP contribution in [0.5, 0.6) is 0 Å². The molecule has 0 heterocycles. The van der Waals surface area contributed by atoms with Crippen LogP contribution in [0.3, 0.4) is 0 Å². The lowest BCUT2D eigenvalue weighted by Crippen LogP contribution is -2.12. The third kappa shape index (κ3) is 8.76. The second-order valence-electron chi connectivity index (χ2n) is 3.86. The van der Waals surface area contributed by atoms with Gasteiger partial charge >= 0.3 is 5.97 Å². The molecule has 1 unspecified atom stereocenters. The Morgan fingerprint density at radius 2 is 2.00 bits per heavy atom. The molecule has 0 aliphatic heterocycles. The number of hydrogen-bond donors (Lipinski definition) is 0. The van der Waals surface area contributed by atoms with E-state index in [4.69, 9.17) is 27.9 Å². The molecule has 2 nitrogen and oxygen atoms in total. The number of ether oxygens (including phenoxy) is 1. The molecule has 0 amide bonds. The molecule has 1 atom stereocenters. The van der Waals surface area contributed by atoms with E-state index in [1.165, 1.54) is 0 Å². The lowest BCUT2D eigenvalue weighted by atomic mass is 9.94. The molecule has 0 aromatic carbocycles. The molecule has 0 saturated carbocycles. The molecule has 0 saturated heterocycles. The van der Waals surface area contributed by atoms with Gasteiger partial charge in [-0.1, -0.05) is 43.1 Å². The molecule has 0 aliphatic carbocycles. The molecule has 0 aliphatic rings. The maximum atomic E-state index is 11.3. The Hall–Kier alpha value is -0.210. The van der Waals surface area contributed by atoms with Crippen LogP contribution in [-0.4, -0.2) is 12.6 Å². The summed E-state index contributed by atoms with van der Waals surface area (Å²) in [7, 11) is 0. The smallest absolute Gasteiger partial charge is 0.306 e. The summed E-state index contributed by atoms with van der Waals surface area (Å²) in [4.78, 5) is 11.3. The molecular weight excluding hydrogens is 235 g/mol. The minimum absolute atomic E-state index is 0.0639. The van der Waals surface area contributed by atoms with Crippen LogP contribution < -0.4 is 0 Å². The third-order valence-corrected chi connectivity index (χ3v) is 2.12. The molecular formula is C11H18Cl2O2. The average molecular weight is 253 g/mol. The normalized spacial score (nSPS) is 12.4. The first-order chi connectivity index (χ1) is 6.95. The highest BCUT2D eigenvalue weighted by Crippen LogP contribution is 2.21. The van der Waals surface area contributed by atoms with Gasteiger partial charge in [-0.15, -0.1) is 0 Å². The van der Waals surface area contributed by atoms with E-state index < -0.39 is 0 Å². The van der Waals surface area contributed by atoms with Crippen LogP contribution in [0.25, 0.3) is 0 Å². The van der Waals surface area contributed by atoms with Crippen LogP contribution in [0.2, 0.25) is 0 Å². The molecule has 88 valence electrons. The van der Waals surface area contributed by atoms with E-state index in [1.807, 2.05) is 0 Å². The van der Waals surface area contributed by atoms with Crippen LogP contribution in [-0.2, 0) is 9.53 Å². The summed E-state index contributed by atoms with van der Waals surface area (Å²) in [6.45, 7) is 6.38. The van der Waals surface area contributed by atoms with E-state index in [0.717, 1.165) is 6.42 Å². The van der Waals surface area contributed by atoms with Gasteiger partial charge in [-0.2, -0.15) is 0 Å². The van der Waals surface area contributed by atoms with E-state index >= 15 is 0 Å². The summed E-state index contributed by atoms with van der Waals surface area (Å²) in [6.07, 6.45) is 2.93. The standard InChI is InChI=1S/C11H18Cl2O2/c1-4-15-11(14)7-9(5-8(2)3)6-10(12)13/h6,8-9H,4-5,7H2,1-3H3. The highest BCUT2D eigenvalue weighted by molar-refractivity contribution is 6.55. The van der Waals surface area contributed by atoms with Gasteiger partial charge in [0.25, 0.3) is 0 Å². The number of hydrogen-bond acceptors (Lipinski definition) is 2. The number of rotatable bonds is 6. The van der Waals surface area contributed by atoms with Crippen LogP contribution in [0.4, 0.5) is 0 Å². The van der Waals surface area contributed by atoms with Gasteiger partial charge in [0, 0.05) is 0 Å². The number of carbonyl (C=O) groups is 1. The Kier molecular flexibility index (Phi) is 7.89. The minimum Gasteiger partial charge on any atom is -0.466 e. The van der Waals surface area contributed by atoms with Crippen LogP contribution in [0, 0.1) is 11.8 Å². The first-order valence-corrected chi connectivity index (χ1v) is 5.89. The molecule has 15 heavy (non-hydrogen) atoms. The topological polar surface area (TPSA) is 26.3 Å². The summed E-state index contributed by atoms with van der Waals surface area (Å²) >= 11 is 11.2. The Balaban J connectivity index is 4.24. The van der Waals surface area contributed by atoms with Gasteiger partial charge < -0.3 is 4.74 Å². The van der Waals surface area contributed by atoms with Crippen LogP contribution in [0.1, 0.15) is 33.6 Å². The quantitative estimate of drug-likeness (QED) is 0.670. The van der Waals surface area contributed by atoms with Crippen molar-refractivity contribution in [3.05, 3.63) is 10.6 Å². The fourth-order valence-corrected chi connectivity index (χ4v) is 1.78. The lowest BCUT2D eigenvalue weighted by molar-refractivity contribution is -0.143. The maximum Gasteiger partial charge on any atom is 0.306 e. The van der Waals surface area contributed by atoms with E-state index in [2.05, 4.69) is 13.8 Å². The summed E-state index contributed by atoms with van der Waals surface area (Å²) in [5, 5.41) is 0. The van der Waals surface area contributed by atoms with Crippen molar-refractivity contribution in [1.29, 1.82) is 0 Å². The summed E-state index contributed by atoms with van der Waals surface area (Å²) in [5.74, 6) is 0.358. The molecule has 4 heteroatoms. The predicted octanol–water partition coefficient (Wildman–Crippen LogP) is 3.92. The van der Waals surface area contributed by atoms with Crippen molar-refractivity contribution in [3.63, 3.8) is 0 Å². The molecule has 0 spiro atoms. The van der Waals surface area contributed by atoms with Crippen molar-refractivity contribution < 1.29 is 9.53 Å². The minimum atomic E-state index is -0.200. The molecule has 0 aromatic rings. The van der Waals surface area contributed by atoms with Crippen molar-refractivity contribution in [1.82, 2.24) is 0 Å². The van der Waals surface area contributed by atoms with E-state index in [-0.39, 0.29) is 16.4 Å². The van der Waals surface area contributed by atoms with Gasteiger partial charge in [-0.05, 0) is 25.2 Å². The Labute approximate surface area is 102 Å². The van der Waals surface area contributed by atoms with Crippen molar-refractivity contribution in [2.45, 2.75) is 33.6 Å². The lowest BCUT2D eigenvalue weighted by Gasteiger charge is -2.14. The van der Waals surface area contributed by atoms with Crippen LogP contribution in [0.15, 0.2) is 10.6 Å². The first kappa shape index (κ1) is 14.8. The fraction of sp³-hybridized carbons (Fsp3) is 0.727. The molecule has 0 N–H and O–H groups in total. The van der Waals surface area contributed by atoms with Crippen LogP contribution >= 0.6 is 23.2 Å². The number of esters is 1. The maximum absolute atomic E-state index is 11.3. The molecule has 0 fully saturated rings. The molecule has 0 rings (SSSR count). The average Bonchev–Trinajstić information content (AvgIpc) is 2.00. The Morgan fingerprint density at radius 3 is 2.40 bits per heavy atom. The Morgan fingerprint density at radius 1 is 1.40 bits per heavy atom.